The summed E-state index contributed by atoms with van der Waals surface area (Å²) >= 11 is 0. The highest BCUT2D eigenvalue weighted by Crippen LogP contribution is 2.29. The van der Waals surface area contributed by atoms with E-state index in [1.54, 1.807) is 25.3 Å². The van der Waals surface area contributed by atoms with Crippen molar-refractivity contribution in [1.29, 1.82) is 0 Å². The first-order chi connectivity index (χ1) is 10.2. The van der Waals surface area contributed by atoms with Crippen molar-refractivity contribution >= 4 is 5.91 Å². The molecule has 0 unspecified atom stereocenters. The summed E-state index contributed by atoms with van der Waals surface area (Å²) in [6.07, 6.45) is 2.04. The summed E-state index contributed by atoms with van der Waals surface area (Å²) in [5.41, 5.74) is 0.179. The Morgan fingerprint density at radius 3 is 2.76 bits per heavy atom. The molecule has 2 N–H and O–H groups in total. The summed E-state index contributed by atoms with van der Waals surface area (Å²) in [7, 11) is 1.62. The molecule has 0 atom stereocenters. The summed E-state index contributed by atoms with van der Waals surface area (Å²) < 4.78 is 18.8. The average Bonchev–Trinajstić information content (AvgIpc) is 2.50. The molecule has 4 nitrogen and oxygen atoms in total. The van der Waals surface area contributed by atoms with Crippen molar-refractivity contribution in [3.63, 3.8) is 0 Å². The van der Waals surface area contributed by atoms with E-state index in [0.29, 0.717) is 25.1 Å². The first-order valence-electron chi connectivity index (χ1n) is 7.39. The second-order valence-electron chi connectivity index (χ2n) is 5.56. The molecule has 1 fully saturated rings. The molecule has 0 saturated carbocycles. The van der Waals surface area contributed by atoms with E-state index in [-0.39, 0.29) is 11.7 Å². The lowest BCUT2D eigenvalue weighted by molar-refractivity contribution is -0.136. The Morgan fingerprint density at radius 2 is 2.10 bits per heavy atom. The topological polar surface area (TPSA) is 50.4 Å². The van der Waals surface area contributed by atoms with Crippen LogP contribution in [0.25, 0.3) is 0 Å². The quantitative estimate of drug-likeness (QED) is 0.836. The molecular formula is C16H23FN2O2. The summed E-state index contributed by atoms with van der Waals surface area (Å²) in [5.74, 6) is -0.206. The molecule has 0 aliphatic carbocycles. The van der Waals surface area contributed by atoms with Crippen LogP contribution in [0.4, 0.5) is 4.39 Å². The Labute approximate surface area is 125 Å². The maximum atomic E-state index is 13.5. The van der Waals surface area contributed by atoms with Gasteiger partial charge in [0.2, 0.25) is 5.91 Å². The number of rotatable bonds is 6. The molecule has 1 heterocycles. The Morgan fingerprint density at radius 1 is 1.38 bits per heavy atom. The van der Waals surface area contributed by atoms with Crippen LogP contribution in [0.2, 0.25) is 0 Å². The van der Waals surface area contributed by atoms with Crippen LogP contribution in [-0.4, -0.2) is 39.3 Å². The molecule has 0 radical (unpaired) electrons. The van der Waals surface area contributed by atoms with Gasteiger partial charge in [-0.15, -0.1) is 0 Å². The van der Waals surface area contributed by atoms with Crippen molar-refractivity contribution in [2.24, 2.45) is 5.41 Å². The largest absolute Gasteiger partial charge is 0.384 e. The maximum Gasteiger partial charge on any atom is 0.228 e. The first kappa shape index (κ1) is 15.9. The van der Waals surface area contributed by atoms with Crippen molar-refractivity contribution < 1.29 is 13.9 Å². The molecule has 1 aliphatic heterocycles. The number of methoxy groups -OCH3 is 1. The van der Waals surface area contributed by atoms with Crippen LogP contribution in [0, 0.1) is 11.2 Å². The van der Waals surface area contributed by atoms with Gasteiger partial charge in [-0.25, -0.2) is 4.39 Å². The van der Waals surface area contributed by atoms with Crippen molar-refractivity contribution in [3.8, 4) is 0 Å². The van der Waals surface area contributed by atoms with Gasteiger partial charge >= 0.3 is 0 Å². The molecule has 1 saturated heterocycles. The van der Waals surface area contributed by atoms with Gasteiger partial charge in [-0.05, 0) is 44.0 Å². The molecule has 2 rings (SSSR count). The maximum absolute atomic E-state index is 13.5. The van der Waals surface area contributed by atoms with Crippen molar-refractivity contribution in [1.82, 2.24) is 10.6 Å². The van der Waals surface area contributed by atoms with Crippen LogP contribution in [0.5, 0.6) is 0 Å². The van der Waals surface area contributed by atoms with Gasteiger partial charge in [0.1, 0.15) is 5.82 Å². The molecule has 1 aromatic carbocycles. The van der Waals surface area contributed by atoms with Crippen LogP contribution in [0.1, 0.15) is 18.4 Å². The highest BCUT2D eigenvalue weighted by molar-refractivity contribution is 5.83. The zero-order valence-corrected chi connectivity index (χ0v) is 12.5. The molecular weight excluding hydrogens is 271 g/mol. The van der Waals surface area contributed by atoms with Gasteiger partial charge in [-0.1, -0.05) is 18.2 Å². The van der Waals surface area contributed by atoms with Gasteiger partial charge < -0.3 is 15.4 Å². The van der Waals surface area contributed by atoms with Crippen LogP contribution in [0.3, 0.4) is 0 Å². The fourth-order valence-corrected chi connectivity index (χ4v) is 2.82. The highest BCUT2D eigenvalue weighted by Gasteiger charge is 2.39. The third-order valence-corrected chi connectivity index (χ3v) is 4.10. The fraction of sp³-hybridized carbons (Fsp3) is 0.562. The minimum absolute atomic E-state index is 0.0159. The van der Waals surface area contributed by atoms with Crippen LogP contribution in [0.15, 0.2) is 24.3 Å². The number of nitrogens with one attached hydrogen (secondary N) is 2. The second kappa shape index (κ2) is 7.52. The summed E-state index contributed by atoms with van der Waals surface area (Å²) in [4.78, 5) is 12.5. The van der Waals surface area contributed by atoms with Crippen LogP contribution >= 0.6 is 0 Å². The Balaban J connectivity index is 1.89. The zero-order valence-electron chi connectivity index (χ0n) is 12.5. The lowest BCUT2D eigenvalue weighted by Gasteiger charge is -2.35. The third-order valence-electron chi connectivity index (χ3n) is 4.10. The molecule has 0 bridgehead atoms. The van der Waals surface area contributed by atoms with Crippen LogP contribution in [-0.2, 0) is 16.0 Å². The number of carbonyl (C=O) groups excluding carboxylic acids is 1. The molecule has 1 amide bonds. The molecule has 1 aromatic rings. The Hall–Kier alpha value is -1.46. The number of piperidine rings is 1. The van der Waals surface area contributed by atoms with E-state index in [2.05, 4.69) is 10.6 Å². The Kier molecular flexibility index (Phi) is 5.70. The van der Waals surface area contributed by atoms with Crippen molar-refractivity contribution in [2.45, 2.75) is 19.3 Å². The fourth-order valence-electron chi connectivity index (χ4n) is 2.82. The van der Waals surface area contributed by atoms with Crippen molar-refractivity contribution in [2.75, 3.05) is 33.4 Å². The predicted molar refractivity (Wildman–Crippen MR) is 79.5 cm³/mol. The smallest absolute Gasteiger partial charge is 0.228 e. The third kappa shape index (κ3) is 4.02. The van der Waals surface area contributed by atoms with Crippen LogP contribution < -0.4 is 10.6 Å². The number of hydrogen-bond acceptors (Lipinski definition) is 3. The van der Waals surface area contributed by atoms with E-state index in [9.17, 15) is 9.18 Å². The van der Waals surface area contributed by atoms with E-state index in [0.717, 1.165) is 25.9 Å². The predicted octanol–water partition coefficient (Wildman–Crippen LogP) is 1.50. The molecule has 116 valence electrons. The van der Waals surface area contributed by atoms with E-state index in [1.165, 1.54) is 6.07 Å². The summed E-state index contributed by atoms with van der Waals surface area (Å²) in [6.45, 7) is 2.52. The lowest BCUT2D eigenvalue weighted by Crippen LogP contribution is -2.50. The minimum atomic E-state index is -0.449. The van der Waals surface area contributed by atoms with E-state index < -0.39 is 5.41 Å². The molecule has 21 heavy (non-hydrogen) atoms. The second-order valence-corrected chi connectivity index (χ2v) is 5.56. The number of benzene rings is 1. The van der Waals surface area contributed by atoms with Gasteiger partial charge in [0, 0.05) is 13.7 Å². The minimum Gasteiger partial charge on any atom is -0.384 e. The molecule has 5 heteroatoms. The molecule has 0 spiro atoms. The summed E-state index contributed by atoms with van der Waals surface area (Å²) in [6, 6.07) is 6.66. The van der Waals surface area contributed by atoms with Gasteiger partial charge in [0.15, 0.2) is 0 Å². The number of halogens is 1. The van der Waals surface area contributed by atoms with Gasteiger partial charge in [-0.2, -0.15) is 0 Å². The van der Waals surface area contributed by atoms with Gasteiger partial charge in [0.05, 0.1) is 12.0 Å². The normalized spacial score (nSPS) is 17.4. The SMILES string of the molecule is COCC1(C(=O)NCCc2ccccc2F)CCNCC1. The standard InChI is InChI=1S/C16H23FN2O2/c1-21-12-16(7-10-18-11-8-16)15(20)19-9-6-13-4-2-3-5-14(13)17/h2-5,18H,6-12H2,1H3,(H,19,20). The van der Waals surface area contributed by atoms with E-state index in [1.807, 2.05) is 0 Å². The van der Waals surface area contributed by atoms with E-state index in [4.69, 9.17) is 4.74 Å². The number of hydrogen-bond donors (Lipinski definition) is 2. The van der Waals surface area contributed by atoms with Gasteiger partial charge in [0.25, 0.3) is 0 Å². The zero-order chi connectivity index (χ0) is 15.1. The number of ether oxygens (including phenoxy) is 1. The molecule has 1 aliphatic rings. The number of amides is 1. The van der Waals surface area contributed by atoms with Gasteiger partial charge in [-0.3, -0.25) is 4.79 Å². The summed E-state index contributed by atoms with van der Waals surface area (Å²) in [5, 5.41) is 6.20. The van der Waals surface area contributed by atoms with Crippen molar-refractivity contribution in [3.05, 3.63) is 35.6 Å². The number of carbonyl (C=O) groups is 1. The first-order valence-corrected chi connectivity index (χ1v) is 7.39. The Bertz CT molecular complexity index is 468. The monoisotopic (exact) mass is 294 g/mol. The highest BCUT2D eigenvalue weighted by atomic mass is 19.1. The lowest BCUT2D eigenvalue weighted by atomic mass is 9.78. The average molecular weight is 294 g/mol. The van der Waals surface area contributed by atoms with E-state index >= 15 is 0 Å². The molecule has 0 aromatic heterocycles.